The van der Waals surface area contributed by atoms with Crippen molar-refractivity contribution in [3.8, 4) is 0 Å². The molecule has 2 heteroatoms. The Bertz CT molecular complexity index is 56.3. The van der Waals surface area contributed by atoms with Crippen molar-refractivity contribution >= 4 is 0 Å². The summed E-state index contributed by atoms with van der Waals surface area (Å²) < 4.78 is 0. The van der Waals surface area contributed by atoms with Crippen molar-refractivity contribution in [3.63, 3.8) is 0 Å². The third-order valence-electron chi connectivity index (χ3n) is 1.57. The molecule has 0 rings (SSSR count). The Morgan fingerprint density at radius 1 is 1.30 bits per heavy atom. The molecule has 0 heterocycles. The molecule has 0 amide bonds. The molecule has 0 saturated heterocycles. The zero-order valence-electron chi connectivity index (χ0n) is 7.41. The van der Waals surface area contributed by atoms with Crippen molar-refractivity contribution in [3.05, 3.63) is 0 Å². The zero-order valence-corrected chi connectivity index (χ0v) is 7.41. The highest BCUT2D eigenvalue weighted by Gasteiger charge is 1.96. The standard InChI is InChI=1S/C8H20N2/c1-4-6-10-8(2)5-7-9-3/h8-10H,4-7H2,1-3H3. The molecule has 0 aliphatic carbocycles. The van der Waals surface area contributed by atoms with Gasteiger partial charge in [0, 0.05) is 6.04 Å². The van der Waals surface area contributed by atoms with Gasteiger partial charge in [-0.15, -0.1) is 0 Å². The maximum Gasteiger partial charge on any atom is 0.00508 e. The lowest BCUT2D eigenvalue weighted by Gasteiger charge is -2.11. The van der Waals surface area contributed by atoms with Crippen LogP contribution in [0.2, 0.25) is 0 Å². The molecule has 10 heavy (non-hydrogen) atoms. The van der Waals surface area contributed by atoms with E-state index in [1.54, 1.807) is 0 Å². The van der Waals surface area contributed by atoms with Gasteiger partial charge in [-0.1, -0.05) is 6.92 Å². The van der Waals surface area contributed by atoms with Gasteiger partial charge in [-0.25, -0.2) is 0 Å². The van der Waals surface area contributed by atoms with Crippen molar-refractivity contribution in [2.75, 3.05) is 20.1 Å². The van der Waals surface area contributed by atoms with Gasteiger partial charge in [0.2, 0.25) is 0 Å². The zero-order chi connectivity index (χ0) is 7.82. The summed E-state index contributed by atoms with van der Waals surface area (Å²) in [5.74, 6) is 0. The quantitative estimate of drug-likeness (QED) is 0.581. The lowest BCUT2D eigenvalue weighted by Crippen LogP contribution is -2.29. The predicted octanol–water partition coefficient (Wildman–Crippen LogP) is 0.984. The molecule has 0 saturated carbocycles. The van der Waals surface area contributed by atoms with Gasteiger partial charge in [0.05, 0.1) is 0 Å². The third kappa shape index (κ3) is 6.05. The Morgan fingerprint density at radius 3 is 2.50 bits per heavy atom. The van der Waals surface area contributed by atoms with E-state index in [2.05, 4.69) is 24.5 Å². The fourth-order valence-electron chi connectivity index (χ4n) is 0.854. The molecule has 0 aromatic carbocycles. The number of rotatable bonds is 6. The number of hydrogen-bond acceptors (Lipinski definition) is 2. The molecule has 0 aliphatic rings. The molecule has 0 radical (unpaired) electrons. The first-order valence-corrected chi connectivity index (χ1v) is 4.19. The second-order valence-electron chi connectivity index (χ2n) is 2.75. The largest absolute Gasteiger partial charge is 0.320 e. The maximum absolute atomic E-state index is 3.43. The minimum atomic E-state index is 0.660. The molecule has 0 aromatic rings. The molecule has 62 valence electrons. The molecule has 0 spiro atoms. The van der Waals surface area contributed by atoms with Gasteiger partial charge in [0.25, 0.3) is 0 Å². The monoisotopic (exact) mass is 144 g/mol. The van der Waals surface area contributed by atoms with E-state index in [0.29, 0.717) is 6.04 Å². The van der Waals surface area contributed by atoms with Gasteiger partial charge in [-0.05, 0) is 39.9 Å². The molecule has 1 unspecified atom stereocenters. The average Bonchev–Trinajstić information content (AvgIpc) is 1.97. The van der Waals surface area contributed by atoms with Crippen LogP contribution >= 0.6 is 0 Å². The summed E-state index contributed by atoms with van der Waals surface area (Å²) >= 11 is 0. The molecule has 2 N–H and O–H groups in total. The van der Waals surface area contributed by atoms with E-state index in [4.69, 9.17) is 0 Å². The maximum atomic E-state index is 3.43. The summed E-state index contributed by atoms with van der Waals surface area (Å²) in [4.78, 5) is 0. The molecule has 0 fully saturated rings. The summed E-state index contributed by atoms with van der Waals surface area (Å²) in [6.07, 6.45) is 2.44. The second-order valence-corrected chi connectivity index (χ2v) is 2.75. The smallest absolute Gasteiger partial charge is 0.00508 e. The summed E-state index contributed by atoms with van der Waals surface area (Å²) in [6.45, 7) is 6.67. The average molecular weight is 144 g/mol. The van der Waals surface area contributed by atoms with Gasteiger partial charge in [0.15, 0.2) is 0 Å². The minimum absolute atomic E-state index is 0.660. The summed E-state index contributed by atoms with van der Waals surface area (Å²) in [7, 11) is 1.99. The van der Waals surface area contributed by atoms with Crippen LogP contribution in [-0.4, -0.2) is 26.2 Å². The summed E-state index contributed by atoms with van der Waals surface area (Å²) in [6, 6.07) is 0.660. The van der Waals surface area contributed by atoms with Gasteiger partial charge in [-0.3, -0.25) is 0 Å². The van der Waals surface area contributed by atoms with E-state index >= 15 is 0 Å². The van der Waals surface area contributed by atoms with Crippen LogP contribution in [0.4, 0.5) is 0 Å². The molecule has 2 nitrogen and oxygen atoms in total. The van der Waals surface area contributed by atoms with Crippen LogP contribution in [-0.2, 0) is 0 Å². The molecule has 1 atom stereocenters. The van der Waals surface area contributed by atoms with Crippen LogP contribution in [0, 0.1) is 0 Å². The van der Waals surface area contributed by atoms with Crippen LogP contribution in [0.1, 0.15) is 26.7 Å². The first-order valence-electron chi connectivity index (χ1n) is 4.19. The van der Waals surface area contributed by atoms with Gasteiger partial charge in [-0.2, -0.15) is 0 Å². The Morgan fingerprint density at radius 2 is 2.00 bits per heavy atom. The predicted molar refractivity (Wildman–Crippen MR) is 46.3 cm³/mol. The van der Waals surface area contributed by atoms with Crippen LogP contribution in [0.25, 0.3) is 0 Å². The van der Waals surface area contributed by atoms with E-state index in [1.807, 2.05) is 7.05 Å². The SMILES string of the molecule is CCCNC(C)CCNC. The Kier molecular flexibility index (Phi) is 6.98. The molecule has 0 bridgehead atoms. The van der Waals surface area contributed by atoms with Gasteiger partial charge < -0.3 is 10.6 Å². The van der Waals surface area contributed by atoms with Crippen LogP contribution in [0.3, 0.4) is 0 Å². The fourth-order valence-corrected chi connectivity index (χ4v) is 0.854. The topological polar surface area (TPSA) is 24.1 Å². The fraction of sp³-hybridized carbons (Fsp3) is 1.00. The van der Waals surface area contributed by atoms with Crippen LogP contribution in [0.15, 0.2) is 0 Å². The highest BCUT2D eigenvalue weighted by atomic mass is 14.9. The van der Waals surface area contributed by atoms with E-state index in [9.17, 15) is 0 Å². The van der Waals surface area contributed by atoms with Crippen LogP contribution in [0.5, 0.6) is 0 Å². The first kappa shape index (κ1) is 9.92. The number of hydrogen-bond donors (Lipinski definition) is 2. The van der Waals surface area contributed by atoms with Crippen molar-refractivity contribution in [1.29, 1.82) is 0 Å². The van der Waals surface area contributed by atoms with E-state index < -0.39 is 0 Å². The Balaban J connectivity index is 3.00. The van der Waals surface area contributed by atoms with Crippen molar-refractivity contribution in [2.45, 2.75) is 32.7 Å². The highest BCUT2D eigenvalue weighted by molar-refractivity contribution is 4.60. The molecular weight excluding hydrogens is 124 g/mol. The van der Waals surface area contributed by atoms with Gasteiger partial charge in [0.1, 0.15) is 0 Å². The Labute approximate surface area is 64.4 Å². The van der Waals surface area contributed by atoms with Crippen molar-refractivity contribution < 1.29 is 0 Å². The highest BCUT2D eigenvalue weighted by Crippen LogP contribution is 1.87. The van der Waals surface area contributed by atoms with Gasteiger partial charge >= 0.3 is 0 Å². The van der Waals surface area contributed by atoms with Crippen molar-refractivity contribution in [1.82, 2.24) is 10.6 Å². The summed E-state index contributed by atoms with van der Waals surface area (Å²) in [5.41, 5.74) is 0. The summed E-state index contributed by atoms with van der Waals surface area (Å²) in [5, 5.41) is 6.56. The molecule has 0 aromatic heterocycles. The molecular formula is C8H20N2. The third-order valence-corrected chi connectivity index (χ3v) is 1.57. The Hall–Kier alpha value is -0.0800. The second kappa shape index (κ2) is 7.03. The van der Waals surface area contributed by atoms with Crippen molar-refractivity contribution in [2.24, 2.45) is 0 Å². The van der Waals surface area contributed by atoms with E-state index in [1.165, 1.54) is 12.8 Å². The van der Waals surface area contributed by atoms with E-state index in [-0.39, 0.29) is 0 Å². The first-order chi connectivity index (χ1) is 4.81. The number of nitrogens with one attached hydrogen (secondary N) is 2. The molecule has 0 aliphatic heterocycles. The van der Waals surface area contributed by atoms with E-state index in [0.717, 1.165) is 13.1 Å². The van der Waals surface area contributed by atoms with Crippen LogP contribution < -0.4 is 10.6 Å². The minimum Gasteiger partial charge on any atom is -0.320 e. The lowest BCUT2D eigenvalue weighted by molar-refractivity contribution is 0.503. The lowest BCUT2D eigenvalue weighted by atomic mass is 10.2. The normalized spacial score (nSPS) is 13.5.